The van der Waals surface area contributed by atoms with Crippen molar-refractivity contribution >= 4 is 0 Å². The third-order valence-corrected chi connectivity index (χ3v) is 4.47. The van der Waals surface area contributed by atoms with Crippen LogP contribution in [-0.2, 0) is 6.54 Å². The first-order valence-corrected chi connectivity index (χ1v) is 8.04. The van der Waals surface area contributed by atoms with E-state index in [1.807, 2.05) is 6.92 Å². The molecule has 0 radical (unpaired) electrons. The smallest absolute Gasteiger partial charge is 0.0639 e. The van der Waals surface area contributed by atoms with Crippen molar-refractivity contribution in [2.24, 2.45) is 0 Å². The van der Waals surface area contributed by atoms with Gasteiger partial charge >= 0.3 is 0 Å². The van der Waals surface area contributed by atoms with Gasteiger partial charge in [-0.25, -0.2) is 0 Å². The van der Waals surface area contributed by atoms with E-state index >= 15 is 0 Å². The molecule has 0 saturated heterocycles. The molecule has 0 aromatic heterocycles. The van der Waals surface area contributed by atoms with Gasteiger partial charge in [0.25, 0.3) is 0 Å². The molecule has 1 aliphatic rings. The zero-order chi connectivity index (χ0) is 14.5. The molecular formula is C18H29NO. The first-order valence-electron chi connectivity index (χ1n) is 8.04. The van der Waals surface area contributed by atoms with Gasteiger partial charge in [0.1, 0.15) is 0 Å². The van der Waals surface area contributed by atoms with Crippen molar-refractivity contribution in [1.82, 2.24) is 4.90 Å². The standard InChI is InChI=1S/C18H29NO/c1-14-9-10-15(2)17(11-14)13-19(12-16(3)20)18-7-5-4-6-8-18/h9-11,16,18,20H,4-8,12-13H2,1-3H3. The molecule has 0 heterocycles. The van der Waals surface area contributed by atoms with Gasteiger partial charge in [0.2, 0.25) is 0 Å². The Kier molecular flexibility index (Phi) is 5.62. The van der Waals surface area contributed by atoms with Crippen LogP contribution in [0.5, 0.6) is 0 Å². The summed E-state index contributed by atoms with van der Waals surface area (Å²) in [5.41, 5.74) is 4.10. The first-order chi connectivity index (χ1) is 9.56. The molecule has 1 aromatic carbocycles. The minimum Gasteiger partial charge on any atom is -0.392 e. The van der Waals surface area contributed by atoms with Gasteiger partial charge in [-0.05, 0) is 44.7 Å². The molecule has 2 nitrogen and oxygen atoms in total. The van der Waals surface area contributed by atoms with Crippen molar-refractivity contribution in [3.05, 3.63) is 34.9 Å². The van der Waals surface area contributed by atoms with Crippen LogP contribution < -0.4 is 0 Å². The molecule has 112 valence electrons. The van der Waals surface area contributed by atoms with E-state index < -0.39 is 0 Å². The second-order valence-corrected chi connectivity index (χ2v) is 6.50. The molecule has 1 N–H and O–H groups in total. The fourth-order valence-corrected chi connectivity index (χ4v) is 3.32. The van der Waals surface area contributed by atoms with E-state index in [1.165, 1.54) is 48.8 Å². The SMILES string of the molecule is Cc1ccc(C)c(CN(CC(C)O)C2CCCCC2)c1. The van der Waals surface area contributed by atoms with Gasteiger partial charge < -0.3 is 5.11 Å². The Morgan fingerprint density at radius 3 is 2.55 bits per heavy atom. The van der Waals surface area contributed by atoms with Crippen LogP contribution in [0.2, 0.25) is 0 Å². The Hall–Kier alpha value is -0.860. The maximum atomic E-state index is 9.81. The summed E-state index contributed by atoms with van der Waals surface area (Å²) in [4.78, 5) is 2.51. The molecule has 1 unspecified atom stereocenters. The quantitative estimate of drug-likeness (QED) is 0.883. The van der Waals surface area contributed by atoms with Crippen molar-refractivity contribution in [2.45, 2.75) is 71.6 Å². The fourth-order valence-electron chi connectivity index (χ4n) is 3.32. The Morgan fingerprint density at radius 2 is 1.90 bits per heavy atom. The average molecular weight is 275 g/mol. The zero-order valence-electron chi connectivity index (χ0n) is 13.2. The topological polar surface area (TPSA) is 23.5 Å². The molecule has 1 aliphatic carbocycles. The van der Waals surface area contributed by atoms with Crippen LogP contribution in [0.15, 0.2) is 18.2 Å². The summed E-state index contributed by atoms with van der Waals surface area (Å²) >= 11 is 0. The van der Waals surface area contributed by atoms with Gasteiger partial charge in [-0.1, -0.05) is 43.0 Å². The second kappa shape index (κ2) is 7.24. The van der Waals surface area contributed by atoms with E-state index in [1.54, 1.807) is 0 Å². The average Bonchev–Trinajstić information content (AvgIpc) is 2.42. The molecule has 20 heavy (non-hydrogen) atoms. The molecule has 2 rings (SSSR count). The summed E-state index contributed by atoms with van der Waals surface area (Å²) in [6, 6.07) is 7.34. The highest BCUT2D eigenvalue weighted by Gasteiger charge is 2.22. The fraction of sp³-hybridized carbons (Fsp3) is 0.667. The molecule has 0 spiro atoms. The molecule has 1 saturated carbocycles. The number of rotatable bonds is 5. The van der Waals surface area contributed by atoms with Gasteiger partial charge in [-0.3, -0.25) is 4.90 Å². The molecule has 0 aliphatic heterocycles. The number of benzene rings is 1. The predicted octanol–water partition coefficient (Wildman–Crippen LogP) is 3.82. The molecule has 2 heteroatoms. The Bertz CT molecular complexity index is 421. The summed E-state index contributed by atoms with van der Waals surface area (Å²) in [5.74, 6) is 0. The number of aliphatic hydroxyl groups is 1. The van der Waals surface area contributed by atoms with Crippen LogP contribution in [-0.4, -0.2) is 28.7 Å². The summed E-state index contributed by atoms with van der Waals surface area (Å²) in [6.07, 6.45) is 6.39. The summed E-state index contributed by atoms with van der Waals surface area (Å²) < 4.78 is 0. The number of aliphatic hydroxyl groups excluding tert-OH is 1. The maximum absolute atomic E-state index is 9.81. The van der Waals surface area contributed by atoms with Crippen LogP contribution >= 0.6 is 0 Å². The largest absolute Gasteiger partial charge is 0.392 e. The van der Waals surface area contributed by atoms with Crippen LogP contribution in [0, 0.1) is 13.8 Å². The highest BCUT2D eigenvalue weighted by Crippen LogP contribution is 2.25. The number of aryl methyl sites for hydroxylation is 2. The minimum atomic E-state index is -0.248. The normalized spacial score (nSPS) is 18.4. The number of nitrogens with zero attached hydrogens (tertiary/aromatic N) is 1. The van der Waals surface area contributed by atoms with Crippen molar-refractivity contribution in [2.75, 3.05) is 6.54 Å². The number of hydrogen-bond donors (Lipinski definition) is 1. The predicted molar refractivity (Wildman–Crippen MR) is 84.9 cm³/mol. The molecule has 1 aromatic rings. The van der Waals surface area contributed by atoms with Crippen LogP contribution in [0.4, 0.5) is 0 Å². The molecular weight excluding hydrogens is 246 g/mol. The third-order valence-electron chi connectivity index (χ3n) is 4.47. The lowest BCUT2D eigenvalue weighted by molar-refractivity contribution is 0.0767. The van der Waals surface area contributed by atoms with Gasteiger partial charge in [0.15, 0.2) is 0 Å². The molecule has 0 bridgehead atoms. The van der Waals surface area contributed by atoms with Crippen molar-refractivity contribution in [1.29, 1.82) is 0 Å². The van der Waals surface area contributed by atoms with Crippen molar-refractivity contribution in [3.8, 4) is 0 Å². The van der Waals surface area contributed by atoms with Crippen LogP contribution in [0.3, 0.4) is 0 Å². The van der Waals surface area contributed by atoms with Crippen molar-refractivity contribution in [3.63, 3.8) is 0 Å². The number of hydrogen-bond acceptors (Lipinski definition) is 2. The minimum absolute atomic E-state index is 0.248. The third kappa shape index (κ3) is 4.32. The molecule has 1 atom stereocenters. The molecule has 0 amide bonds. The summed E-state index contributed by atoms with van der Waals surface area (Å²) in [7, 11) is 0. The first kappa shape index (κ1) is 15.5. The van der Waals surface area contributed by atoms with Crippen LogP contribution in [0.25, 0.3) is 0 Å². The van der Waals surface area contributed by atoms with E-state index in [0.29, 0.717) is 6.04 Å². The zero-order valence-corrected chi connectivity index (χ0v) is 13.2. The lowest BCUT2D eigenvalue weighted by Crippen LogP contribution is -2.40. The van der Waals surface area contributed by atoms with E-state index in [0.717, 1.165) is 13.1 Å². The van der Waals surface area contributed by atoms with E-state index in [9.17, 15) is 5.11 Å². The highest BCUT2D eigenvalue weighted by molar-refractivity contribution is 5.30. The lowest BCUT2D eigenvalue weighted by atomic mass is 9.93. The lowest BCUT2D eigenvalue weighted by Gasteiger charge is -2.35. The van der Waals surface area contributed by atoms with E-state index in [4.69, 9.17) is 0 Å². The van der Waals surface area contributed by atoms with Crippen LogP contribution in [0.1, 0.15) is 55.7 Å². The van der Waals surface area contributed by atoms with E-state index in [-0.39, 0.29) is 6.10 Å². The summed E-state index contributed by atoms with van der Waals surface area (Å²) in [5, 5.41) is 9.81. The van der Waals surface area contributed by atoms with Gasteiger partial charge in [-0.2, -0.15) is 0 Å². The van der Waals surface area contributed by atoms with Gasteiger partial charge in [0.05, 0.1) is 6.10 Å². The summed E-state index contributed by atoms with van der Waals surface area (Å²) in [6.45, 7) is 8.01. The van der Waals surface area contributed by atoms with Gasteiger partial charge in [0, 0.05) is 19.1 Å². The Labute approximate surface area is 123 Å². The van der Waals surface area contributed by atoms with Crippen molar-refractivity contribution < 1.29 is 5.11 Å². The Morgan fingerprint density at radius 1 is 1.20 bits per heavy atom. The Balaban J connectivity index is 2.11. The monoisotopic (exact) mass is 275 g/mol. The van der Waals surface area contributed by atoms with Gasteiger partial charge in [-0.15, -0.1) is 0 Å². The maximum Gasteiger partial charge on any atom is 0.0639 e. The van der Waals surface area contributed by atoms with E-state index in [2.05, 4.69) is 36.9 Å². The second-order valence-electron chi connectivity index (χ2n) is 6.50. The highest BCUT2D eigenvalue weighted by atomic mass is 16.3. The molecule has 1 fully saturated rings.